The normalized spacial score (nSPS) is 19.7. The number of aliphatic hydroxyl groups excluding tert-OH is 1. The lowest BCUT2D eigenvalue weighted by Gasteiger charge is -2.48. The summed E-state index contributed by atoms with van der Waals surface area (Å²) < 4.78 is 11.7. The van der Waals surface area contributed by atoms with Crippen molar-refractivity contribution in [2.45, 2.75) is 62.8 Å². The minimum Gasteiger partial charge on any atom is -0.487 e. The number of nitrogens with zero attached hydrogens (tertiary/aromatic N) is 1. The zero-order valence-corrected chi connectivity index (χ0v) is 21.1. The number of fused-ring (bicyclic) bond motifs is 1. The minimum absolute atomic E-state index is 0.0687. The Morgan fingerprint density at radius 3 is 2.69 bits per heavy atom. The fraction of sp³-hybridized carbons (Fsp3) is 0.536. The number of carbonyl (C=O) groups is 1. The summed E-state index contributed by atoms with van der Waals surface area (Å²) in [5, 5.41) is 17.7. The van der Waals surface area contributed by atoms with Gasteiger partial charge in [-0.25, -0.2) is 0 Å². The zero-order chi connectivity index (χ0) is 24.8. The van der Waals surface area contributed by atoms with Gasteiger partial charge in [0.2, 0.25) is 5.91 Å². The Hall–Kier alpha value is -2.61. The molecule has 2 aromatic carbocycles. The van der Waals surface area contributed by atoms with Crippen LogP contribution in [-0.4, -0.2) is 62.6 Å². The van der Waals surface area contributed by atoms with Crippen LogP contribution in [0.3, 0.4) is 0 Å². The lowest BCUT2D eigenvalue weighted by atomic mass is 9.73. The summed E-state index contributed by atoms with van der Waals surface area (Å²) in [6.07, 6.45) is 4.03. The molecule has 1 heterocycles. The van der Waals surface area contributed by atoms with Crippen molar-refractivity contribution in [3.05, 3.63) is 59.7 Å². The van der Waals surface area contributed by atoms with Gasteiger partial charge in [0.1, 0.15) is 11.4 Å². The van der Waals surface area contributed by atoms with Crippen LogP contribution >= 0.6 is 0 Å². The Balaban J connectivity index is 1.49. The van der Waals surface area contributed by atoms with Crippen molar-refractivity contribution in [1.29, 1.82) is 0 Å². The molecule has 0 saturated heterocycles. The minimum atomic E-state index is -0.727. The molecule has 1 aliphatic heterocycles. The van der Waals surface area contributed by atoms with Crippen LogP contribution in [0, 0.1) is 0 Å². The third kappa shape index (κ3) is 6.34. The number of carbonyl (C=O) groups excluding carboxylic acids is 1. The summed E-state index contributed by atoms with van der Waals surface area (Å²) in [4.78, 5) is 14.0. The van der Waals surface area contributed by atoms with Gasteiger partial charge in [-0.05, 0) is 49.4 Å². The van der Waals surface area contributed by atoms with Crippen LogP contribution in [0.2, 0.25) is 0 Å². The van der Waals surface area contributed by atoms with E-state index in [1.54, 1.807) is 7.11 Å². The number of aliphatic hydroxyl groups is 1. The Morgan fingerprint density at radius 1 is 1.26 bits per heavy atom. The monoisotopic (exact) mass is 481 g/mol. The fourth-order valence-corrected chi connectivity index (χ4v) is 5.13. The second-order valence-corrected chi connectivity index (χ2v) is 10.0. The van der Waals surface area contributed by atoms with Gasteiger partial charge in [-0.2, -0.15) is 0 Å². The quantitative estimate of drug-likeness (QED) is 0.457. The van der Waals surface area contributed by atoms with Crippen LogP contribution in [0.4, 0.5) is 5.69 Å². The molecule has 1 fully saturated rings. The van der Waals surface area contributed by atoms with Gasteiger partial charge in [-0.3, -0.25) is 4.79 Å². The number of hydrogen-bond acceptors (Lipinski definition) is 6. The van der Waals surface area contributed by atoms with E-state index < -0.39 is 6.10 Å². The summed E-state index contributed by atoms with van der Waals surface area (Å²) in [6, 6.07) is 16.0. The lowest BCUT2D eigenvalue weighted by Crippen LogP contribution is -2.52. The number of hydrogen-bond donors (Lipinski definition) is 3. The molecule has 4 rings (SSSR count). The average Bonchev–Trinajstić information content (AvgIpc) is 2.84. The highest BCUT2D eigenvalue weighted by atomic mass is 16.5. The summed E-state index contributed by atoms with van der Waals surface area (Å²) in [5.41, 5.74) is 3.20. The van der Waals surface area contributed by atoms with E-state index in [9.17, 15) is 9.90 Å². The number of amides is 1. The van der Waals surface area contributed by atoms with Crippen molar-refractivity contribution in [1.82, 2.24) is 10.6 Å². The third-order valence-corrected chi connectivity index (χ3v) is 7.33. The smallest absolute Gasteiger partial charge is 0.217 e. The van der Waals surface area contributed by atoms with Crippen molar-refractivity contribution in [2.75, 3.05) is 38.8 Å². The topological polar surface area (TPSA) is 83.1 Å². The van der Waals surface area contributed by atoms with Crippen molar-refractivity contribution >= 4 is 11.6 Å². The molecule has 35 heavy (non-hydrogen) atoms. The Kier molecular flexibility index (Phi) is 8.31. The average molecular weight is 482 g/mol. The first-order valence-electron chi connectivity index (χ1n) is 12.6. The van der Waals surface area contributed by atoms with Gasteiger partial charge in [0.25, 0.3) is 0 Å². The Bertz CT molecular complexity index is 979. The van der Waals surface area contributed by atoms with Gasteiger partial charge in [-0.15, -0.1) is 0 Å². The van der Waals surface area contributed by atoms with Crippen molar-refractivity contribution in [3.63, 3.8) is 0 Å². The second-order valence-electron chi connectivity index (χ2n) is 10.0. The summed E-state index contributed by atoms with van der Waals surface area (Å²) >= 11 is 0. The van der Waals surface area contributed by atoms with Gasteiger partial charge in [0.05, 0.1) is 18.8 Å². The van der Waals surface area contributed by atoms with E-state index in [-0.39, 0.29) is 23.6 Å². The Morgan fingerprint density at radius 2 is 2.03 bits per heavy atom. The van der Waals surface area contributed by atoms with E-state index in [0.717, 1.165) is 48.4 Å². The number of ether oxygens (including phenoxy) is 2. The number of rotatable bonds is 11. The van der Waals surface area contributed by atoms with Crippen LogP contribution in [0.1, 0.15) is 49.8 Å². The molecule has 0 unspecified atom stereocenters. The van der Waals surface area contributed by atoms with Crippen LogP contribution in [-0.2, 0) is 16.0 Å². The zero-order valence-electron chi connectivity index (χ0n) is 21.1. The van der Waals surface area contributed by atoms with Crippen LogP contribution in [0.5, 0.6) is 5.75 Å². The molecule has 190 valence electrons. The molecule has 3 N–H and O–H groups in total. The number of nitrogens with one attached hydrogen (secondary N) is 2. The molecular formula is C28H39N3O4. The van der Waals surface area contributed by atoms with Crippen molar-refractivity contribution in [3.8, 4) is 5.75 Å². The molecular weight excluding hydrogens is 442 g/mol. The van der Waals surface area contributed by atoms with E-state index in [0.29, 0.717) is 19.6 Å². The molecule has 3 atom stereocenters. The molecule has 0 radical (unpaired) electrons. The largest absolute Gasteiger partial charge is 0.487 e. The van der Waals surface area contributed by atoms with Crippen molar-refractivity contribution < 1.29 is 19.4 Å². The molecule has 7 nitrogen and oxygen atoms in total. The molecule has 1 spiro atoms. The van der Waals surface area contributed by atoms with E-state index in [1.165, 1.54) is 13.3 Å². The standard InChI is InChI=1S/C28H39N3O4/c1-20(32)30-24(16-21-8-5-4-6-9-21)26(33)19-29-25-18-28(12-7-13-28)35-27-11-10-22(17-23(25)27)31(2)14-15-34-3/h4-6,8-11,17,24-26,29,33H,7,12-16,18-19H2,1-3H3,(H,30,32)/t24-,25-,26+/m0/s1. The van der Waals surface area contributed by atoms with E-state index in [4.69, 9.17) is 9.47 Å². The number of anilines is 1. The van der Waals surface area contributed by atoms with Crippen LogP contribution in [0.15, 0.2) is 48.5 Å². The number of methoxy groups -OCH3 is 1. The first-order valence-corrected chi connectivity index (χ1v) is 12.6. The molecule has 1 amide bonds. The SMILES string of the molecule is COCCN(C)c1ccc2c(c1)[C@@H](NC[C@@H](O)[C@H](Cc1ccccc1)NC(C)=O)CC1(CCC1)O2. The van der Waals surface area contributed by atoms with Gasteiger partial charge in [-0.1, -0.05) is 30.3 Å². The highest BCUT2D eigenvalue weighted by molar-refractivity contribution is 5.73. The van der Waals surface area contributed by atoms with E-state index >= 15 is 0 Å². The van der Waals surface area contributed by atoms with Crippen molar-refractivity contribution in [2.24, 2.45) is 0 Å². The Labute approximate surface area is 208 Å². The summed E-state index contributed by atoms with van der Waals surface area (Å²) in [6.45, 7) is 3.33. The molecule has 2 aromatic rings. The molecule has 1 saturated carbocycles. The number of likely N-dealkylation sites (N-methyl/N-ethyl adjacent to an activating group) is 1. The predicted molar refractivity (Wildman–Crippen MR) is 138 cm³/mol. The molecule has 1 aliphatic carbocycles. The molecule has 0 aromatic heterocycles. The lowest BCUT2D eigenvalue weighted by molar-refractivity contribution is -0.120. The highest BCUT2D eigenvalue weighted by Crippen LogP contribution is 2.49. The third-order valence-electron chi connectivity index (χ3n) is 7.33. The van der Waals surface area contributed by atoms with Crippen LogP contribution < -0.4 is 20.3 Å². The van der Waals surface area contributed by atoms with Gasteiger partial charge >= 0.3 is 0 Å². The number of benzene rings is 2. The maximum atomic E-state index is 11.9. The first kappa shape index (κ1) is 25.5. The summed E-state index contributed by atoms with van der Waals surface area (Å²) in [7, 11) is 3.77. The molecule has 0 bridgehead atoms. The van der Waals surface area contributed by atoms with Crippen LogP contribution in [0.25, 0.3) is 0 Å². The molecule has 7 heteroatoms. The first-order chi connectivity index (χ1) is 16.9. The van der Waals surface area contributed by atoms with E-state index in [1.807, 2.05) is 30.3 Å². The summed E-state index contributed by atoms with van der Waals surface area (Å²) in [5.74, 6) is 0.785. The highest BCUT2D eigenvalue weighted by Gasteiger charge is 2.45. The molecule has 2 aliphatic rings. The van der Waals surface area contributed by atoms with Gasteiger partial charge in [0.15, 0.2) is 0 Å². The van der Waals surface area contributed by atoms with Gasteiger partial charge in [0, 0.05) is 57.9 Å². The van der Waals surface area contributed by atoms with E-state index in [2.05, 4.69) is 40.8 Å². The second kappa shape index (κ2) is 11.4. The predicted octanol–water partition coefficient (Wildman–Crippen LogP) is 3.21. The maximum Gasteiger partial charge on any atom is 0.217 e. The van der Waals surface area contributed by atoms with Gasteiger partial charge < -0.3 is 30.1 Å². The maximum absolute atomic E-state index is 11.9. The fourth-order valence-electron chi connectivity index (χ4n) is 5.13.